The average molecular weight is 364 g/mol. The van der Waals surface area contributed by atoms with Gasteiger partial charge in [0.05, 0.1) is 5.56 Å². The third kappa shape index (κ3) is 3.46. The second-order valence-electron chi connectivity index (χ2n) is 5.78. The quantitative estimate of drug-likeness (QED) is 0.891. The number of halogens is 3. The Labute approximate surface area is 147 Å². The molecule has 2 aromatic rings. The molecule has 3 amide bonds. The van der Waals surface area contributed by atoms with E-state index in [2.05, 4.69) is 10.3 Å². The lowest BCUT2D eigenvalue weighted by Crippen LogP contribution is -2.37. The Morgan fingerprint density at radius 3 is 2.46 bits per heavy atom. The number of likely N-dealkylation sites (N-methyl/N-ethyl adjacent to an activating group) is 1. The summed E-state index contributed by atoms with van der Waals surface area (Å²) in [5.41, 5.74) is -0.162. The number of anilines is 1. The zero-order valence-electron chi connectivity index (χ0n) is 13.7. The highest BCUT2D eigenvalue weighted by molar-refractivity contribution is 5.94. The second-order valence-corrected chi connectivity index (χ2v) is 5.78. The number of pyridine rings is 1. The number of urea groups is 1. The number of aromatic nitrogens is 1. The zero-order valence-corrected chi connectivity index (χ0v) is 13.7. The lowest BCUT2D eigenvalue weighted by atomic mass is 10.1. The summed E-state index contributed by atoms with van der Waals surface area (Å²) in [6, 6.07) is 10.3. The second kappa shape index (κ2) is 6.66. The first-order valence-electron chi connectivity index (χ1n) is 7.69. The van der Waals surface area contributed by atoms with Gasteiger partial charge in [-0.15, -0.1) is 0 Å². The molecule has 0 spiro atoms. The fourth-order valence-corrected chi connectivity index (χ4v) is 2.72. The summed E-state index contributed by atoms with van der Waals surface area (Å²) < 4.78 is 37.7. The topological polar surface area (TPSA) is 65.5 Å². The van der Waals surface area contributed by atoms with E-state index >= 15 is 0 Å². The van der Waals surface area contributed by atoms with Crippen molar-refractivity contribution in [2.45, 2.75) is 12.3 Å². The van der Waals surface area contributed by atoms with E-state index in [0.717, 1.165) is 17.7 Å². The molecule has 0 radical (unpaired) electrons. The number of nitrogens with zero attached hydrogens (tertiary/aromatic N) is 3. The lowest BCUT2D eigenvalue weighted by Gasteiger charge is -2.27. The molecule has 1 aromatic carbocycles. The van der Waals surface area contributed by atoms with Crippen LogP contribution in [-0.4, -0.2) is 40.3 Å². The maximum Gasteiger partial charge on any atom is 0.417 e. The van der Waals surface area contributed by atoms with E-state index in [0.29, 0.717) is 6.20 Å². The minimum absolute atomic E-state index is 0.0307. The molecule has 1 N–H and O–H groups in total. The molecule has 26 heavy (non-hydrogen) atoms. The molecule has 9 heteroatoms. The highest BCUT2D eigenvalue weighted by Crippen LogP contribution is 2.31. The molecule has 1 fully saturated rings. The van der Waals surface area contributed by atoms with Gasteiger partial charge in [0.15, 0.2) is 0 Å². The van der Waals surface area contributed by atoms with Crippen LogP contribution in [0.2, 0.25) is 0 Å². The molecule has 1 unspecified atom stereocenters. The zero-order chi connectivity index (χ0) is 18.9. The number of hydrogen-bond acceptors (Lipinski definition) is 3. The number of carbonyl (C=O) groups is 2. The fraction of sp³-hybridized carbons (Fsp3) is 0.235. The van der Waals surface area contributed by atoms with Crippen molar-refractivity contribution in [3.05, 3.63) is 59.8 Å². The summed E-state index contributed by atoms with van der Waals surface area (Å²) in [5, 5.41) is 2.43. The number of alkyl halides is 3. The van der Waals surface area contributed by atoms with Crippen molar-refractivity contribution in [2.24, 2.45) is 0 Å². The van der Waals surface area contributed by atoms with E-state index < -0.39 is 23.9 Å². The van der Waals surface area contributed by atoms with E-state index in [1.165, 1.54) is 9.80 Å². The summed E-state index contributed by atoms with van der Waals surface area (Å²) in [6.45, 7) is -0.136. The fourth-order valence-electron chi connectivity index (χ4n) is 2.72. The van der Waals surface area contributed by atoms with Crippen LogP contribution in [-0.2, 0) is 11.0 Å². The van der Waals surface area contributed by atoms with E-state index in [9.17, 15) is 22.8 Å². The standard InChI is InChI=1S/C17H15F3N4O2/c1-23-14(25)10-24(15(23)11-5-3-2-4-6-11)16(26)22-13-8-7-12(9-21-13)17(18,19)20/h2-9,15H,10H2,1H3,(H,21,22,26). The van der Waals surface area contributed by atoms with E-state index in [-0.39, 0.29) is 18.3 Å². The van der Waals surface area contributed by atoms with Crippen molar-refractivity contribution >= 4 is 17.8 Å². The summed E-state index contributed by atoms with van der Waals surface area (Å²) in [6.07, 6.45) is -4.46. The molecule has 1 aliphatic rings. The van der Waals surface area contributed by atoms with Gasteiger partial charge in [0.1, 0.15) is 18.5 Å². The molecule has 0 aliphatic carbocycles. The van der Waals surface area contributed by atoms with Gasteiger partial charge in [-0.2, -0.15) is 13.2 Å². The lowest BCUT2D eigenvalue weighted by molar-refractivity contribution is -0.137. The summed E-state index contributed by atoms with van der Waals surface area (Å²) in [4.78, 5) is 30.9. The summed E-state index contributed by atoms with van der Waals surface area (Å²) in [7, 11) is 1.59. The predicted octanol–water partition coefficient (Wildman–Crippen LogP) is 3.11. The third-order valence-corrected chi connectivity index (χ3v) is 4.05. The SMILES string of the molecule is CN1C(=O)CN(C(=O)Nc2ccc(C(F)(F)F)cn2)C1c1ccccc1. The number of hydrogen-bond donors (Lipinski definition) is 1. The number of rotatable bonds is 2. The molecule has 2 heterocycles. The van der Waals surface area contributed by atoms with Gasteiger partial charge in [-0.25, -0.2) is 9.78 Å². The van der Waals surface area contributed by atoms with Crippen LogP contribution in [0.1, 0.15) is 17.3 Å². The first-order valence-corrected chi connectivity index (χ1v) is 7.69. The third-order valence-electron chi connectivity index (χ3n) is 4.05. The molecule has 6 nitrogen and oxygen atoms in total. The molecule has 1 saturated heterocycles. The van der Waals surface area contributed by atoms with Crippen LogP contribution in [0.5, 0.6) is 0 Å². The summed E-state index contributed by atoms with van der Waals surface area (Å²) in [5.74, 6) is -0.272. The van der Waals surface area contributed by atoms with Crippen LogP contribution in [0.4, 0.5) is 23.8 Å². The molecule has 0 saturated carbocycles. The van der Waals surface area contributed by atoms with Crippen LogP contribution in [0.3, 0.4) is 0 Å². The highest BCUT2D eigenvalue weighted by atomic mass is 19.4. The van der Waals surface area contributed by atoms with Gasteiger partial charge in [0, 0.05) is 13.2 Å². The first kappa shape index (κ1) is 17.7. The number of amides is 3. The molecule has 136 valence electrons. The van der Waals surface area contributed by atoms with Gasteiger partial charge in [-0.3, -0.25) is 15.0 Å². The van der Waals surface area contributed by atoms with Gasteiger partial charge in [0.2, 0.25) is 5.91 Å². The van der Waals surface area contributed by atoms with Crippen LogP contribution >= 0.6 is 0 Å². The minimum Gasteiger partial charge on any atom is -0.319 e. The Balaban J connectivity index is 1.79. The van der Waals surface area contributed by atoms with E-state index in [1.54, 1.807) is 31.3 Å². The van der Waals surface area contributed by atoms with E-state index in [1.807, 2.05) is 6.07 Å². The van der Waals surface area contributed by atoms with Gasteiger partial charge in [0.25, 0.3) is 0 Å². The van der Waals surface area contributed by atoms with Crippen LogP contribution in [0, 0.1) is 0 Å². The maximum atomic E-state index is 12.6. The first-order chi connectivity index (χ1) is 12.3. The monoisotopic (exact) mass is 364 g/mol. The van der Waals surface area contributed by atoms with Crippen LogP contribution in [0.25, 0.3) is 0 Å². The Kier molecular flexibility index (Phi) is 4.54. The molecule has 0 bridgehead atoms. The van der Waals surface area contributed by atoms with Crippen molar-refractivity contribution in [3.63, 3.8) is 0 Å². The van der Waals surface area contributed by atoms with Crippen molar-refractivity contribution in [3.8, 4) is 0 Å². The van der Waals surface area contributed by atoms with Gasteiger partial charge in [-0.1, -0.05) is 30.3 Å². The smallest absolute Gasteiger partial charge is 0.319 e. The normalized spacial score (nSPS) is 17.5. The number of nitrogens with one attached hydrogen (secondary N) is 1. The highest BCUT2D eigenvalue weighted by Gasteiger charge is 2.39. The molecule has 1 aliphatic heterocycles. The number of benzene rings is 1. The largest absolute Gasteiger partial charge is 0.417 e. The van der Waals surface area contributed by atoms with Crippen molar-refractivity contribution in [1.82, 2.24) is 14.8 Å². The van der Waals surface area contributed by atoms with Crippen LogP contribution in [0.15, 0.2) is 48.7 Å². The molecule has 1 aromatic heterocycles. The predicted molar refractivity (Wildman–Crippen MR) is 86.9 cm³/mol. The molecular formula is C17H15F3N4O2. The summed E-state index contributed by atoms with van der Waals surface area (Å²) >= 11 is 0. The Bertz CT molecular complexity index is 809. The van der Waals surface area contributed by atoms with Gasteiger partial charge >= 0.3 is 12.2 Å². The van der Waals surface area contributed by atoms with Crippen molar-refractivity contribution in [1.29, 1.82) is 0 Å². The molecular weight excluding hydrogens is 349 g/mol. The molecule has 1 atom stereocenters. The van der Waals surface area contributed by atoms with Gasteiger partial charge < -0.3 is 4.90 Å². The Morgan fingerprint density at radius 1 is 1.19 bits per heavy atom. The minimum atomic E-state index is -4.50. The maximum absolute atomic E-state index is 12.6. The van der Waals surface area contributed by atoms with Gasteiger partial charge in [-0.05, 0) is 17.7 Å². The van der Waals surface area contributed by atoms with E-state index in [4.69, 9.17) is 0 Å². The average Bonchev–Trinajstić information content (AvgIpc) is 2.91. The number of carbonyl (C=O) groups excluding carboxylic acids is 2. The van der Waals surface area contributed by atoms with Crippen LogP contribution < -0.4 is 5.32 Å². The van der Waals surface area contributed by atoms with Crippen molar-refractivity contribution in [2.75, 3.05) is 18.9 Å². The van der Waals surface area contributed by atoms with Crippen molar-refractivity contribution < 1.29 is 22.8 Å². The Hall–Kier alpha value is -3.10. The Morgan fingerprint density at radius 2 is 1.88 bits per heavy atom. The molecule has 3 rings (SSSR count).